The lowest BCUT2D eigenvalue weighted by atomic mass is 9.40. The van der Waals surface area contributed by atoms with E-state index in [0.29, 0.717) is 5.41 Å². The summed E-state index contributed by atoms with van der Waals surface area (Å²) < 4.78 is 0. The van der Waals surface area contributed by atoms with Crippen molar-refractivity contribution in [3.8, 4) is 0 Å². The molecule has 0 amide bonds. The van der Waals surface area contributed by atoms with Gasteiger partial charge in [-0.1, -0.05) is 66.7 Å². The highest BCUT2D eigenvalue weighted by atomic mass is 15.0. The van der Waals surface area contributed by atoms with E-state index in [-0.39, 0.29) is 16.3 Å². The minimum Gasteiger partial charge on any atom is -0.384 e. The van der Waals surface area contributed by atoms with E-state index in [1.54, 1.807) is 0 Å². The molecule has 1 radical (unpaired) electrons. The molecule has 0 aromatic rings. The van der Waals surface area contributed by atoms with Crippen LogP contribution in [0.4, 0.5) is 0 Å². The van der Waals surface area contributed by atoms with E-state index in [1.807, 2.05) is 0 Å². The van der Waals surface area contributed by atoms with Crippen LogP contribution in [0.15, 0.2) is 12.3 Å². The van der Waals surface area contributed by atoms with Gasteiger partial charge in [0.25, 0.3) is 0 Å². The van der Waals surface area contributed by atoms with Crippen LogP contribution in [-0.2, 0) is 0 Å². The van der Waals surface area contributed by atoms with Crippen molar-refractivity contribution in [3.05, 3.63) is 12.3 Å². The summed E-state index contributed by atoms with van der Waals surface area (Å²) in [6.07, 6.45) is 1.12. The van der Waals surface area contributed by atoms with Gasteiger partial charge in [0.15, 0.2) is 0 Å². The molecule has 0 fully saturated rings. The van der Waals surface area contributed by atoms with Crippen LogP contribution in [0.1, 0.15) is 69.2 Å². The fraction of sp³-hybridized carbons (Fsp3) is 0.882. The first-order valence-corrected chi connectivity index (χ1v) is 7.40. The maximum absolute atomic E-state index is 4.29. The van der Waals surface area contributed by atoms with E-state index in [4.69, 9.17) is 0 Å². The highest BCUT2D eigenvalue weighted by Gasteiger charge is 2.40. The molecule has 0 aliphatic carbocycles. The highest BCUT2D eigenvalue weighted by Crippen LogP contribution is 2.49. The largest absolute Gasteiger partial charge is 0.384 e. The van der Waals surface area contributed by atoms with Crippen molar-refractivity contribution in [1.29, 1.82) is 0 Å². The summed E-state index contributed by atoms with van der Waals surface area (Å²) in [5.74, 6) is 0. The maximum Gasteiger partial charge on any atom is 0.119 e. The van der Waals surface area contributed by atoms with Crippen LogP contribution in [0, 0.1) is 10.8 Å². The minimum absolute atomic E-state index is 0.0194. The predicted octanol–water partition coefficient (Wildman–Crippen LogP) is 5.28. The van der Waals surface area contributed by atoms with E-state index >= 15 is 0 Å². The first-order chi connectivity index (χ1) is 8.08. The second-order valence-electron chi connectivity index (χ2n) is 9.17. The third kappa shape index (κ3) is 6.06. The minimum atomic E-state index is 0.0194. The van der Waals surface area contributed by atoms with Gasteiger partial charge < -0.3 is 5.32 Å². The van der Waals surface area contributed by atoms with Crippen LogP contribution >= 0.6 is 0 Å². The molecule has 0 aromatic carbocycles. The van der Waals surface area contributed by atoms with Crippen LogP contribution in [0.3, 0.4) is 0 Å². The molecule has 0 atom stereocenters. The monoisotopic (exact) mass is 264 g/mol. The zero-order valence-electron chi connectivity index (χ0n) is 15.0. The summed E-state index contributed by atoms with van der Waals surface area (Å²) in [6.45, 7) is 26.9. The van der Waals surface area contributed by atoms with Gasteiger partial charge in [-0.15, -0.1) is 0 Å². The average Bonchev–Trinajstić information content (AvgIpc) is 2.10. The van der Waals surface area contributed by atoms with Crippen LogP contribution in [0.5, 0.6) is 0 Å². The second-order valence-corrected chi connectivity index (χ2v) is 9.17. The van der Waals surface area contributed by atoms with Crippen molar-refractivity contribution in [1.82, 2.24) is 5.32 Å². The zero-order chi connectivity index (χ0) is 15.7. The molecule has 0 unspecified atom stereocenters. The Hall–Kier alpha value is -0.395. The Balaban J connectivity index is 4.91. The van der Waals surface area contributed by atoms with Gasteiger partial charge in [-0.2, -0.15) is 0 Å². The van der Waals surface area contributed by atoms with Gasteiger partial charge >= 0.3 is 0 Å². The van der Waals surface area contributed by atoms with Crippen molar-refractivity contribution in [2.45, 2.75) is 86.4 Å². The predicted molar refractivity (Wildman–Crippen MR) is 89.9 cm³/mol. The molecule has 0 rings (SSSR count). The van der Waals surface area contributed by atoms with Gasteiger partial charge in [0.05, 0.1) is 0 Å². The van der Waals surface area contributed by atoms with Gasteiger partial charge in [-0.05, 0) is 26.2 Å². The van der Waals surface area contributed by atoms with E-state index in [9.17, 15) is 0 Å². The number of hydrogen-bond donors (Lipinski definition) is 1. The number of hydrogen-bond acceptors (Lipinski definition) is 1. The summed E-state index contributed by atoms with van der Waals surface area (Å²) in [4.78, 5) is 0. The maximum atomic E-state index is 4.29. The van der Waals surface area contributed by atoms with Gasteiger partial charge in [0, 0.05) is 16.7 Å². The fourth-order valence-electron chi connectivity index (χ4n) is 1.81. The molecule has 0 aromatic heterocycles. The Labute approximate surface area is 122 Å². The van der Waals surface area contributed by atoms with Crippen LogP contribution in [0.25, 0.3) is 0 Å². The topological polar surface area (TPSA) is 12.0 Å². The molecular formula is C17H35BN. The third-order valence-corrected chi connectivity index (χ3v) is 4.12. The van der Waals surface area contributed by atoms with E-state index < -0.39 is 0 Å². The molecule has 0 aliphatic rings. The summed E-state index contributed by atoms with van der Waals surface area (Å²) in [5, 5.41) is 3.65. The average molecular weight is 264 g/mol. The lowest BCUT2D eigenvalue weighted by Gasteiger charge is -2.46. The second kappa shape index (κ2) is 5.54. The van der Waals surface area contributed by atoms with Crippen molar-refractivity contribution in [2.75, 3.05) is 0 Å². The number of nitrogens with one attached hydrogen (secondary N) is 1. The van der Waals surface area contributed by atoms with Crippen molar-refractivity contribution in [2.24, 2.45) is 10.8 Å². The molecule has 19 heavy (non-hydrogen) atoms. The summed E-state index contributed by atoms with van der Waals surface area (Å²) >= 11 is 0. The Morgan fingerprint density at radius 1 is 0.895 bits per heavy atom. The van der Waals surface area contributed by atoms with Gasteiger partial charge in [0.1, 0.15) is 7.28 Å². The lowest BCUT2D eigenvalue weighted by Crippen LogP contribution is -2.44. The first kappa shape index (κ1) is 18.6. The molecule has 0 heterocycles. The smallest absolute Gasteiger partial charge is 0.119 e. The molecule has 0 aliphatic heterocycles. The van der Waals surface area contributed by atoms with Crippen molar-refractivity contribution < 1.29 is 0 Å². The van der Waals surface area contributed by atoms with Crippen LogP contribution < -0.4 is 5.32 Å². The van der Waals surface area contributed by atoms with Crippen LogP contribution in [0.2, 0.25) is 11.6 Å². The Morgan fingerprint density at radius 3 is 1.63 bits per heavy atom. The zero-order valence-corrected chi connectivity index (χ0v) is 15.0. The molecular weight excluding hydrogens is 229 g/mol. The SMILES string of the molecule is C=C(NC(C)(C)C)C(C)(C)C(C)(C)[B]CC(C)(C)C. The quantitative estimate of drug-likeness (QED) is 0.666. The highest BCUT2D eigenvalue weighted by molar-refractivity contribution is 6.40. The molecule has 111 valence electrons. The van der Waals surface area contributed by atoms with Crippen molar-refractivity contribution in [3.63, 3.8) is 0 Å². The van der Waals surface area contributed by atoms with E-state index in [1.165, 1.54) is 0 Å². The normalized spacial score (nSPS) is 14.2. The van der Waals surface area contributed by atoms with Gasteiger partial charge in [-0.3, -0.25) is 0 Å². The standard InChI is InChI=1S/C17H35BN/c1-13(19-15(5,6)7)16(8,9)17(10,11)18-12-14(2,3)4/h19H,1,12H2,2-11H3. The van der Waals surface area contributed by atoms with Crippen molar-refractivity contribution >= 4 is 7.28 Å². The molecule has 0 spiro atoms. The molecule has 2 heteroatoms. The summed E-state index contributed by atoms with van der Waals surface area (Å²) in [7, 11) is 2.46. The molecule has 0 saturated heterocycles. The van der Waals surface area contributed by atoms with E-state index in [2.05, 4.69) is 88.4 Å². The lowest BCUT2D eigenvalue weighted by molar-refractivity contribution is 0.281. The number of rotatable bonds is 5. The molecule has 1 N–H and O–H groups in total. The number of allylic oxidation sites excluding steroid dienone is 1. The first-order valence-electron chi connectivity index (χ1n) is 7.40. The Bertz CT molecular complexity index is 313. The third-order valence-electron chi connectivity index (χ3n) is 4.12. The Kier molecular flexibility index (Phi) is 5.42. The Morgan fingerprint density at radius 2 is 1.32 bits per heavy atom. The molecule has 0 saturated carbocycles. The fourth-order valence-corrected chi connectivity index (χ4v) is 1.81. The molecule has 1 nitrogen and oxygen atoms in total. The van der Waals surface area contributed by atoms with Gasteiger partial charge in [-0.25, -0.2) is 0 Å². The summed E-state index contributed by atoms with van der Waals surface area (Å²) in [5.41, 5.74) is 1.54. The summed E-state index contributed by atoms with van der Waals surface area (Å²) in [6, 6.07) is 0. The van der Waals surface area contributed by atoms with Crippen LogP contribution in [-0.4, -0.2) is 12.8 Å². The van der Waals surface area contributed by atoms with E-state index in [0.717, 1.165) is 12.0 Å². The van der Waals surface area contributed by atoms with Gasteiger partial charge in [0.2, 0.25) is 0 Å². The molecule has 0 bridgehead atoms.